The van der Waals surface area contributed by atoms with Crippen LogP contribution in [0, 0.1) is 17.7 Å². The summed E-state index contributed by atoms with van der Waals surface area (Å²) in [6.45, 7) is 1.27. The van der Waals surface area contributed by atoms with Crippen LogP contribution in [0.3, 0.4) is 0 Å². The lowest BCUT2D eigenvalue weighted by Gasteiger charge is -2.16. The third kappa shape index (κ3) is 4.70. The van der Waals surface area contributed by atoms with Crippen LogP contribution in [-0.2, 0) is 6.18 Å². The van der Waals surface area contributed by atoms with Crippen molar-refractivity contribution in [3.05, 3.63) is 59.6 Å². The van der Waals surface area contributed by atoms with Crippen molar-refractivity contribution in [2.45, 2.75) is 19.3 Å². The van der Waals surface area contributed by atoms with Gasteiger partial charge in [0.1, 0.15) is 12.1 Å². The summed E-state index contributed by atoms with van der Waals surface area (Å²) in [6, 6.07) is 3.65. The van der Waals surface area contributed by atoms with Gasteiger partial charge in [-0.1, -0.05) is 0 Å². The molecule has 0 bridgehead atoms. The number of ether oxygens (including phenoxy) is 1. The van der Waals surface area contributed by atoms with E-state index in [1.165, 1.54) is 25.6 Å². The maximum atomic E-state index is 13.2. The average Bonchev–Trinajstić information content (AvgIpc) is 2.69. The van der Waals surface area contributed by atoms with Gasteiger partial charge in [-0.15, -0.1) is 5.10 Å². The Hall–Kier alpha value is -3.77. The fourth-order valence-electron chi connectivity index (χ4n) is 2.50. The van der Waals surface area contributed by atoms with Gasteiger partial charge in [-0.3, -0.25) is 10.8 Å². The summed E-state index contributed by atoms with van der Waals surface area (Å²) < 4.78 is 83.7. The molecule has 0 unspecified atom stereocenters. The average molecular weight is 442 g/mol. The van der Waals surface area contributed by atoms with Gasteiger partial charge in [0, 0.05) is 29.6 Å². The van der Waals surface area contributed by atoms with Crippen LogP contribution in [0.2, 0.25) is 0 Å². The van der Waals surface area contributed by atoms with Gasteiger partial charge in [-0.25, -0.2) is 9.97 Å². The van der Waals surface area contributed by atoms with Crippen LogP contribution >= 0.6 is 0 Å². The second kappa shape index (κ2) is 7.81. The van der Waals surface area contributed by atoms with Gasteiger partial charge in [0.2, 0.25) is 11.7 Å². The first-order chi connectivity index (χ1) is 14.4. The van der Waals surface area contributed by atoms with Gasteiger partial charge in [0.15, 0.2) is 5.49 Å². The van der Waals surface area contributed by atoms with Crippen LogP contribution in [0.15, 0.2) is 43.0 Å². The van der Waals surface area contributed by atoms with Crippen LogP contribution in [0.5, 0.6) is 11.6 Å². The van der Waals surface area contributed by atoms with E-state index in [9.17, 15) is 26.3 Å². The van der Waals surface area contributed by atoms with E-state index in [2.05, 4.69) is 15.1 Å². The standard InChI is InChI=1S/C18H12F6N6O/c1-9-4-14(29-30(15(9)25)16(26)18(22,23)24)31-13-5-11(17(19,20)21)2-3-12(13)10-6-27-8-28-7-10/h2-8,25-26H,1H3. The topological polar surface area (TPSA) is 101 Å². The van der Waals surface area contributed by atoms with Gasteiger partial charge in [0.05, 0.1) is 5.56 Å². The largest absolute Gasteiger partial charge is 0.451 e. The summed E-state index contributed by atoms with van der Waals surface area (Å²) in [7, 11) is 0. The summed E-state index contributed by atoms with van der Waals surface area (Å²) in [5.74, 6) is -2.87. The first kappa shape index (κ1) is 21.9. The number of alkyl halides is 6. The van der Waals surface area contributed by atoms with Gasteiger partial charge < -0.3 is 4.74 Å². The number of hydrogen-bond acceptors (Lipinski definition) is 6. The summed E-state index contributed by atoms with van der Waals surface area (Å²) in [6.07, 6.45) is -5.99. The van der Waals surface area contributed by atoms with Crippen LogP contribution in [0.4, 0.5) is 26.3 Å². The lowest BCUT2D eigenvalue weighted by atomic mass is 10.0. The zero-order valence-electron chi connectivity index (χ0n) is 15.5. The molecule has 0 radical (unpaired) electrons. The molecule has 1 aromatic carbocycles. The zero-order valence-corrected chi connectivity index (χ0v) is 15.5. The summed E-state index contributed by atoms with van der Waals surface area (Å²) in [5, 5.41) is 18.4. The lowest BCUT2D eigenvalue weighted by molar-refractivity contribution is -0.137. The van der Waals surface area contributed by atoms with E-state index in [4.69, 9.17) is 15.6 Å². The molecule has 7 nitrogen and oxygen atoms in total. The van der Waals surface area contributed by atoms with Crippen molar-refractivity contribution in [1.82, 2.24) is 19.7 Å². The number of aromatic nitrogens is 4. The Bertz CT molecular complexity index is 1190. The molecule has 0 saturated carbocycles. The Morgan fingerprint density at radius 2 is 1.68 bits per heavy atom. The fraction of sp³-hybridized carbons (Fsp3) is 0.167. The molecule has 13 heteroatoms. The van der Waals surface area contributed by atoms with Crippen molar-refractivity contribution in [3.8, 4) is 22.8 Å². The first-order valence-electron chi connectivity index (χ1n) is 8.34. The molecule has 3 rings (SSSR count). The molecule has 3 aromatic rings. The molecule has 2 N–H and O–H groups in total. The van der Waals surface area contributed by atoms with Crippen molar-refractivity contribution >= 4 is 5.84 Å². The highest BCUT2D eigenvalue weighted by atomic mass is 19.4. The minimum atomic E-state index is -5.11. The molecule has 0 amide bonds. The van der Waals surface area contributed by atoms with Crippen molar-refractivity contribution in [2.24, 2.45) is 0 Å². The van der Waals surface area contributed by atoms with Crippen molar-refractivity contribution in [1.29, 1.82) is 10.8 Å². The molecule has 0 spiro atoms. The van der Waals surface area contributed by atoms with Crippen LogP contribution in [0.1, 0.15) is 11.1 Å². The lowest BCUT2D eigenvalue weighted by Crippen LogP contribution is -2.39. The van der Waals surface area contributed by atoms with Crippen molar-refractivity contribution in [2.75, 3.05) is 0 Å². The minimum absolute atomic E-state index is 0.0103. The minimum Gasteiger partial charge on any atom is -0.437 e. The Morgan fingerprint density at radius 3 is 2.26 bits per heavy atom. The smallest absolute Gasteiger partial charge is 0.437 e. The molecule has 0 fully saturated rings. The summed E-state index contributed by atoms with van der Waals surface area (Å²) in [4.78, 5) is 7.57. The number of aryl methyl sites for hydroxylation is 1. The van der Waals surface area contributed by atoms with Gasteiger partial charge >= 0.3 is 12.4 Å². The SMILES string of the molecule is Cc1cc(Oc2cc(C(F)(F)F)ccc2-c2cncnc2)nn(C(=N)C(F)(F)F)c1=N. The van der Waals surface area contributed by atoms with Gasteiger partial charge in [-0.2, -0.15) is 31.0 Å². The maximum Gasteiger partial charge on any atom is 0.451 e. The molecule has 0 aliphatic carbocycles. The number of rotatable bonds is 3. The molecule has 2 aromatic heterocycles. The van der Waals surface area contributed by atoms with Crippen LogP contribution < -0.4 is 10.2 Å². The number of benzene rings is 1. The predicted molar refractivity (Wildman–Crippen MR) is 94.5 cm³/mol. The summed E-state index contributed by atoms with van der Waals surface area (Å²) >= 11 is 0. The van der Waals surface area contributed by atoms with E-state index in [-0.39, 0.29) is 27.1 Å². The monoisotopic (exact) mass is 442 g/mol. The number of nitrogens with zero attached hydrogens (tertiary/aromatic N) is 4. The molecule has 0 atom stereocenters. The molecular formula is C18H12F6N6O. The van der Waals surface area contributed by atoms with Gasteiger partial charge in [0.25, 0.3) is 0 Å². The van der Waals surface area contributed by atoms with E-state index in [0.29, 0.717) is 6.07 Å². The fourth-order valence-corrected chi connectivity index (χ4v) is 2.50. The van der Waals surface area contributed by atoms with Crippen molar-refractivity contribution < 1.29 is 31.1 Å². The normalized spacial score (nSPS) is 12.0. The van der Waals surface area contributed by atoms with E-state index in [0.717, 1.165) is 18.2 Å². The van der Waals surface area contributed by atoms with E-state index in [1.54, 1.807) is 0 Å². The Morgan fingerprint density at radius 1 is 1.03 bits per heavy atom. The van der Waals surface area contributed by atoms with Crippen LogP contribution in [-0.4, -0.2) is 31.8 Å². The van der Waals surface area contributed by atoms with Crippen molar-refractivity contribution in [3.63, 3.8) is 0 Å². The molecule has 162 valence electrons. The molecule has 0 aliphatic rings. The second-order valence-electron chi connectivity index (χ2n) is 6.21. The Labute approximate surface area is 170 Å². The Balaban J connectivity index is 2.14. The molecule has 0 saturated heterocycles. The number of halogens is 6. The second-order valence-corrected chi connectivity index (χ2v) is 6.21. The molecule has 2 heterocycles. The Kier molecular flexibility index (Phi) is 5.53. The number of hydrogen-bond donors (Lipinski definition) is 2. The first-order valence-corrected chi connectivity index (χ1v) is 8.34. The highest BCUT2D eigenvalue weighted by Crippen LogP contribution is 2.38. The zero-order chi connectivity index (χ0) is 23.0. The third-order valence-electron chi connectivity index (χ3n) is 4.00. The van der Waals surface area contributed by atoms with E-state index >= 15 is 0 Å². The highest BCUT2D eigenvalue weighted by Gasteiger charge is 2.37. The maximum absolute atomic E-state index is 13.2. The summed E-state index contributed by atoms with van der Waals surface area (Å²) in [5.41, 5.74) is -1.42. The van der Waals surface area contributed by atoms with E-state index in [1.807, 2.05) is 0 Å². The molecule has 31 heavy (non-hydrogen) atoms. The third-order valence-corrected chi connectivity index (χ3v) is 4.00. The van der Waals surface area contributed by atoms with Gasteiger partial charge in [-0.05, 0) is 30.7 Å². The predicted octanol–water partition coefficient (Wildman–Crippen LogP) is 4.33. The highest BCUT2D eigenvalue weighted by molar-refractivity contribution is 5.85. The van der Waals surface area contributed by atoms with E-state index < -0.39 is 35.1 Å². The molecule has 0 aliphatic heterocycles. The van der Waals surface area contributed by atoms with Crippen LogP contribution in [0.25, 0.3) is 11.1 Å². The number of nitrogens with one attached hydrogen (secondary N) is 2. The quantitative estimate of drug-likeness (QED) is 0.358. The molecular weight excluding hydrogens is 430 g/mol.